The van der Waals surface area contributed by atoms with E-state index in [0.717, 1.165) is 48.4 Å². The first kappa shape index (κ1) is 17.9. The van der Waals surface area contributed by atoms with Crippen LogP contribution in [0.2, 0.25) is 0 Å². The van der Waals surface area contributed by atoms with Gasteiger partial charge in [-0.15, -0.1) is 0 Å². The second-order valence-electron chi connectivity index (χ2n) is 7.27. The molecular weight excluding hydrogens is 342 g/mol. The van der Waals surface area contributed by atoms with Crippen molar-refractivity contribution in [3.05, 3.63) is 53.3 Å². The summed E-state index contributed by atoms with van der Waals surface area (Å²) in [5.41, 5.74) is 4.38. The Morgan fingerprint density at radius 3 is 2.59 bits per heavy atom. The van der Waals surface area contributed by atoms with Gasteiger partial charge in [-0.05, 0) is 43.2 Å². The molecule has 1 N–H and O–H groups in total. The monoisotopic (exact) mass is 367 g/mol. The van der Waals surface area contributed by atoms with E-state index in [1.807, 2.05) is 44.2 Å². The molecule has 6 nitrogen and oxygen atoms in total. The lowest BCUT2D eigenvalue weighted by Crippen LogP contribution is -2.45. The second-order valence-corrected chi connectivity index (χ2v) is 7.27. The van der Waals surface area contributed by atoms with E-state index in [1.54, 1.807) is 6.20 Å². The third-order valence-corrected chi connectivity index (χ3v) is 5.32. The molecule has 142 valence electrons. The molecule has 0 bridgehead atoms. The van der Waals surface area contributed by atoms with Gasteiger partial charge in [0.2, 0.25) is 0 Å². The van der Waals surface area contributed by atoms with E-state index in [0.29, 0.717) is 18.9 Å². The molecular formula is C21H25N3O3. The van der Waals surface area contributed by atoms with E-state index in [9.17, 15) is 4.79 Å². The quantitative estimate of drug-likeness (QED) is 0.902. The number of anilines is 2. The topological polar surface area (TPSA) is 63.7 Å². The normalized spacial score (nSPS) is 18.7. The van der Waals surface area contributed by atoms with Crippen LogP contribution in [0.1, 0.15) is 34.5 Å². The fraction of sp³-hybridized carbons (Fsp3) is 0.429. The van der Waals surface area contributed by atoms with Crippen LogP contribution in [0.5, 0.6) is 0 Å². The Bertz CT molecular complexity index is 836. The minimum atomic E-state index is -0.396. The number of ether oxygens (including phenoxy) is 2. The van der Waals surface area contributed by atoms with Crippen LogP contribution in [-0.2, 0) is 9.47 Å². The van der Waals surface area contributed by atoms with Gasteiger partial charge < -0.3 is 19.7 Å². The van der Waals surface area contributed by atoms with Crippen LogP contribution < -0.4 is 10.2 Å². The third-order valence-electron chi connectivity index (χ3n) is 5.32. The third kappa shape index (κ3) is 3.82. The second kappa shape index (κ2) is 7.29. The summed E-state index contributed by atoms with van der Waals surface area (Å²) in [4.78, 5) is 19.2. The lowest BCUT2D eigenvalue weighted by atomic mass is 10.0. The summed E-state index contributed by atoms with van der Waals surface area (Å²) in [6, 6.07) is 9.82. The summed E-state index contributed by atoms with van der Waals surface area (Å²) in [5.74, 6) is -0.589. The maximum atomic E-state index is 12.7. The fourth-order valence-electron chi connectivity index (χ4n) is 3.69. The maximum Gasteiger partial charge on any atom is 0.274 e. The number of pyridine rings is 1. The molecule has 2 fully saturated rings. The Morgan fingerprint density at radius 1 is 1.11 bits per heavy atom. The van der Waals surface area contributed by atoms with Crippen molar-refractivity contribution in [3.8, 4) is 0 Å². The summed E-state index contributed by atoms with van der Waals surface area (Å²) >= 11 is 0. The highest BCUT2D eigenvalue weighted by Gasteiger charge is 2.39. The molecule has 6 heteroatoms. The van der Waals surface area contributed by atoms with Gasteiger partial charge in [0.05, 0.1) is 13.2 Å². The van der Waals surface area contributed by atoms with E-state index in [2.05, 4.69) is 15.2 Å². The molecule has 0 saturated carbocycles. The summed E-state index contributed by atoms with van der Waals surface area (Å²) in [7, 11) is 0. The van der Waals surface area contributed by atoms with Crippen molar-refractivity contribution in [2.24, 2.45) is 0 Å². The highest BCUT2D eigenvalue weighted by Crippen LogP contribution is 2.33. The molecule has 2 saturated heterocycles. The van der Waals surface area contributed by atoms with Crippen molar-refractivity contribution in [2.75, 3.05) is 36.5 Å². The van der Waals surface area contributed by atoms with Crippen LogP contribution in [0.4, 0.5) is 11.4 Å². The molecule has 27 heavy (non-hydrogen) atoms. The first-order chi connectivity index (χ1) is 13.0. The van der Waals surface area contributed by atoms with Gasteiger partial charge in [-0.3, -0.25) is 9.78 Å². The van der Waals surface area contributed by atoms with Gasteiger partial charge in [-0.25, -0.2) is 0 Å². The number of carbonyl (C=O) groups excluding carboxylic acids is 1. The number of nitrogens with zero attached hydrogens (tertiary/aromatic N) is 2. The number of aromatic nitrogens is 1. The highest BCUT2D eigenvalue weighted by molar-refractivity contribution is 6.03. The van der Waals surface area contributed by atoms with Crippen LogP contribution >= 0.6 is 0 Å². The number of piperidine rings is 1. The minimum Gasteiger partial charge on any atom is -0.371 e. The summed E-state index contributed by atoms with van der Waals surface area (Å²) < 4.78 is 11.6. The van der Waals surface area contributed by atoms with Gasteiger partial charge in [-0.2, -0.15) is 0 Å². The molecule has 0 aliphatic carbocycles. The number of hydrogen-bond acceptors (Lipinski definition) is 5. The number of carbonyl (C=O) groups is 1. The SMILES string of the molecule is Cc1ccc(C)c(NC(=O)c2cc(N3CCC4(CC3)OCCO4)ccn2)c1. The zero-order valence-electron chi connectivity index (χ0n) is 15.8. The Hall–Kier alpha value is -2.44. The lowest BCUT2D eigenvalue weighted by Gasteiger charge is -2.38. The molecule has 4 rings (SSSR count). The van der Waals surface area contributed by atoms with E-state index >= 15 is 0 Å². The molecule has 2 aliphatic heterocycles. The first-order valence-electron chi connectivity index (χ1n) is 9.42. The number of aryl methyl sites for hydroxylation is 2. The van der Waals surface area contributed by atoms with Crippen LogP contribution in [0, 0.1) is 13.8 Å². The lowest BCUT2D eigenvalue weighted by molar-refractivity contribution is -0.169. The highest BCUT2D eigenvalue weighted by atomic mass is 16.7. The zero-order chi connectivity index (χ0) is 18.9. The number of benzene rings is 1. The largest absolute Gasteiger partial charge is 0.371 e. The van der Waals surface area contributed by atoms with E-state index in [1.165, 1.54) is 0 Å². The minimum absolute atomic E-state index is 0.193. The molecule has 0 atom stereocenters. The van der Waals surface area contributed by atoms with Crippen molar-refractivity contribution in [3.63, 3.8) is 0 Å². The van der Waals surface area contributed by atoms with Gasteiger partial charge in [-0.1, -0.05) is 12.1 Å². The summed E-state index contributed by atoms with van der Waals surface area (Å²) in [5, 5.41) is 2.98. The standard InChI is InChI=1S/C21H25N3O3/c1-15-3-4-16(2)18(13-15)23-20(25)19-14-17(5-8-22-19)24-9-6-21(7-10-24)26-11-12-27-21/h3-5,8,13-14H,6-7,9-12H2,1-2H3,(H,23,25). The Morgan fingerprint density at radius 2 is 1.85 bits per heavy atom. The van der Waals surface area contributed by atoms with Crippen molar-refractivity contribution >= 4 is 17.3 Å². The number of hydrogen-bond donors (Lipinski definition) is 1. The average molecular weight is 367 g/mol. The molecule has 0 unspecified atom stereocenters. The van der Waals surface area contributed by atoms with Gasteiger partial charge in [0.25, 0.3) is 5.91 Å². The maximum absolute atomic E-state index is 12.7. The van der Waals surface area contributed by atoms with Crippen LogP contribution in [0.15, 0.2) is 36.5 Å². The number of amides is 1. The Balaban J connectivity index is 1.46. The predicted molar refractivity (Wildman–Crippen MR) is 104 cm³/mol. The molecule has 1 amide bonds. The van der Waals surface area contributed by atoms with Crippen molar-refractivity contribution in [1.29, 1.82) is 0 Å². The van der Waals surface area contributed by atoms with Gasteiger partial charge in [0.15, 0.2) is 5.79 Å². The smallest absolute Gasteiger partial charge is 0.274 e. The predicted octanol–water partition coefficient (Wildman–Crippen LogP) is 3.29. The Labute approximate surface area is 159 Å². The fourth-order valence-corrected chi connectivity index (χ4v) is 3.69. The molecule has 3 heterocycles. The average Bonchev–Trinajstić information content (AvgIpc) is 3.13. The molecule has 2 aromatic rings. The molecule has 1 spiro atoms. The van der Waals surface area contributed by atoms with E-state index in [-0.39, 0.29) is 5.91 Å². The zero-order valence-corrected chi connectivity index (χ0v) is 15.8. The van der Waals surface area contributed by atoms with Crippen molar-refractivity contribution in [2.45, 2.75) is 32.5 Å². The molecule has 1 aromatic heterocycles. The van der Waals surface area contributed by atoms with Crippen molar-refractivity contribution < 1.29 is 14.3 Å². The Kier molecular flexibility index (Phi) is 4.85. The van der Waals surface area contributed by atoms with Crippen molar-refractivity contribution in [1.82, 2.24) is 4.98 Å². The van der Waals surface area contributed by atoms with Crippen LogP contribution in [0.3, 0.4) is 0 Å². The summed E-state index contributed by atoms with van der Waals surface area (Å²) in [6.07, 6.45) is 3.36. The first-order valence-corrected chi connectivity index (χ1v) is 9.42. The van der Waals surface area contributed by atoms with Gasteiger partial charge in [0.1, 0.15) is 5.69 Å². The number of rotatable bonds is 3. The van der Waals surface area contributed by atoms with Gasteiger partial charge >= 0.3 is 0 Å². The van der Waals surface area contributed by atoms with Gasteiger partial charge in [0, 0.05) is 43.5 Å². The molecule has 1 aromatic carbocycles. The van der Waals surface area contributed by atoms with E-state index < -0.39 is 5.79 Å². The van der Waals surface area contributed by atoms with Crippen LogP contribution in [-0.4, -0.2) is 43.0 Å². The number of nitrogens with one attached hydrogen (secondary N) is 1. The molecule has 2 aliphatic rings. The molecule has 0 radical (unpaired) electrons. The summed E-state index contributed by atoms with van der Waals surface area (Å²) in [6.45, 7) is 7.02. The van der Waals surface area contributed by atoms with Crippen LogP contribution in [0.25, 0.3) is 0 Å². The van der Waals surface area contributed by atoms with E-state index in [4.69, 9.17) is 9.47 Å².